The fourth-order valence-corrected chi connectivity index (χ4v) is 2.92. The number of hydrogen-bond donors (Lipinski definition) is 0. The Hall–Kier alpha value is -2.61. The Kier molecular flexibility index (Phi) is 6.64. The summed E-state index contributed by atoms with van der Waals surface area (Å²) in [6.07, 6.45) is 1.70. The number of amides is 1. The molecule has 1 aliphatic rings. The molecule has 1 amide bonds. The number of nitrogens with zero attached hydrogens (tertiary/aromatic N) is 3. The summed E-state index contributed by atoms with van der Waals surface area (Å²) in [6.45, 7) is 5.05. The summed E-state index contributed by atoms with van der Waals surface area (Å²) in [4.78, 5) is 18.4. The molecule has 1 saturated heterocycles. The molecule has 1 fully saturated rings. The van der Waals surface area contributed by atoms with Gasteiger partial charge < -0.3 is 23.6 Å². The molecule has 0 bridgehead atoms. The molecule has 0 saturated carbocycles. The molecule has 8 heteroatoms. The van der Waals surface area contributed by atoms with Crippen molar-refractivity contribution in [3.05, 3.63) is 24.1 Å². The molecule has 1 aromatic carbocycles. The molecule has 0 radical (unpaired) electrons. The summed E-state index contributed by atoms with van der Waals surface area (Å²) in [7, 11) is 1.59. The predicted octanol–water partition coefficient (Wildman–Crippen LogP) is 2.33. The Morgan fingerprint density at radius 2 is 2.07 bits per heavy atom. The maximum Gasteiger partial charge on any atom is 0.226 e. The second-order valence-corrected chi connectivity index (χ2v) is 6.16. The largest absolute Gasteiger partial charge is 0.493 e. The number of ether oxygens (including phenoxy) is 3. The average molecular weight is 375 g/mol. The predicted molar refractivity (Wildman–Crippen MR) is 97.8 cm³/mol. The van der Waals surface area contributed by atoms with Gasteiger partial charge in [-0.1, -0.05) is 5.16 Å². The minimum Gasteiger partial charge on any atom is -0.493 e. The van der Waals surface area contributed by atoms with Crippen LogP contribution in [-0.2, 0) is 16.0 Å². The number of methoxy groups -OCH3 is 1. The second kappa shape index (κ2) is 9.36. The quantitative estimate of drug-likeness (QED) is 0.700. The summed E-state index contributed by atoms with van der Waals surface area (Å²) < 4.78 is 21.5. The van der Waals surface area contributed by atoms with E-state index >= 15 is 0 Å². The van der Waals surface area contributed by atoms with Crippen molar-refractivity contribution in [2.45, 2.75) is 26.2 Å². The highest BCUT2D eigenvalue weighted by molar-refractivity contribution is 5.76. The smallest absolute Gasteiger partial charge is 0.226 e. The standard InChI is InChI=1S/C19H25N3O5/c1-3-26-15-8-7-14(13-16(15)24-2)19-20-17(27-21-19)5-4-6-18(23)22-9-11-25-12-10-22/h7-8,13H,3-6,9-12H2,1-2H3. The van der Waals surface area contributed by atoms with E-state index in [9.17, 15) is 4.79 Å². The first kappa shape index (κ1) is 19.2. The summed E-state index contributed by atoms with van der Waals surface area (Å²) in [5.74, 6) is 2.46. The van der Waals surface area contributed by atoms with E-state index in [4.69, 9.17) is 18.7 Å². The first-order chi connectivity index (χ1) is 13.2. The third-order valence-electron chi connectivity index (χ3n) is 4.33. The van der Waals surface area contributed by atoms with Crippen LogP contribution in [0.2, 0.25) is 0 Å². The van der Waals surface area contributed by atoms with Crippen molar-refractivity contribution >= 4 is 5.91 Å². The maximum absolute atomic E-state index is 12.1. The molecule has 1 aromatic heterocycles. The zero-order chi connectivity index (χ0) is 19.1. The highest BCUT2D eigenvalue weighted by atomic mass is 16.5. The van der Waals surface area contributed by atoms with Crippen molar-refractivity contribution in [3.8, 4) is 22.9 Å². The Morgan fingerprint density at radius 1 is 1.26 bits per heavy atom. The van der Waals surface area contributed by atoms with Gasteiger partial charge in [0.25, 0.3) is 0 Å². The van der Waals surface area contributed by atoms with Gasteiger partial charge in [0.15, 0.2) is 11.5 Å². The number of hydrogen-bond acceptors (Lipinski definition) is 7. The third-order valence-corrected chi connectivity index (χ3v) is 4.33. The fraction of sp³-hybridized carbons (Fsp3) is 0.526. The molecule has 0 spiro atoms. The summed E-state index contributed by atoms with van der Waals surface area (Å²) in [6, 6.07) is 5.51. The van der Waals surface area contributed by atoms with Crippen LogP contribution in [0.1, 0.15) is 25.7 Å². The lowest BCUT2D eigenvalue weighted by Crippen LogP contribution is -2.40. The highest BCUT2D eigenvalue weighted by Crippen LogP contribution is 2.31. The van der Waals surface area contributed by atoms with E-state index in [0.29, 0.717) is 75.4 Å². The number of benzene rings is 1. The second-order valence-electron chi connectivity index (χ2n) is 6.16. The first-order valence-corrected chi connectivity index (χ1v) is 9.20. The summed E-state index contributed by atoms with van der Waals surface area (Å²) in [5.41, 5.74) is 0.787. The van der Waals surface area contributed by atoms with Crippen molar-refractivity contribution < 1.29 is 23.5 Å². The fourth-order valence-electron chi connectivity index (χ4n) is 2.92. The Morgan fingerprint density at radius 3 is 2.81 bits per heavy atom. The highest BCUT2D eigenvalue weighted by Gasteiger charge is 2.17. The van der Waals surface area contributed by atoms with Gasteiger partial charge in [0, 0.05) is 31.5 Å². The number of rotatable bonds is 8. The van der Waals surface area contributed by atoms with Gasteiger partial charge >= 0.3 is 0 Å². The first-order valence-electron chi connectivity index (χ1n) is 9.20. The van der Waals surface area contributed by atoms with E-state index in [-0.39, 0.29) is 5.91 Å². The molecule has 1 aliphatic heterocycles. The molecule has 2 aromatic rings. The zero-order valence-electron chi connectivity index (χ0n) is 15.8. The van der Waals surface area contributed by atoms with Crippen LogP contribution in [0.4, 0.5) is 0 Å². The number of aryl methyl sites for hydroxylation is 1. The molecular formula is C19H25N3O5. The van der Waals surface area contributed by atoms with E-state index in [0.717, 1.165) is 5.56 Å². The van der Waals surface area contributed by atoms with Crippen molar-refractivity contribution in [2.75, 3.05) is 40.0 Å². The minimum atomic E-state index is 0.147. The van der Waals surface area contributed by atoms with Gasteiger partial charge in [0.05, 0.1) is 26.9 Å². The van der Waals surface area contributed by atoms with E-state index in [2.05, 4.69) is 10.1 Å². The number of carbonyl (C=O) groups is 1. The molecule has 2 heterocycles. The van der Waals surface area contributed by atoms with Gasteiger partial charge in [0.2, 0.25) is 17.6 Å². The maximum atomic E-state index is 12.1. The van der Waals surface area contributed by atoms with Crippen LogP contribution < -0.4 is 9.47 Å². The van der Waals surface area contributed by atoms with Crippen LogP contribution in [0, 0.1) is 0 Å². The van der Waals surface area contributed by atoms with Crippen LogP contribution in [0.5, 0.6) is 11.5 Å². The van der Waals surface area contributed by atoms with Gasteiger partial charge in [0.1, 0.15) is 0 Å². The van der Waals surface area contributed by atoms with Gasteiger partial charge in [-0.15, -0.1) is 0 Å². The van der Waals surface area contributed by atoms with Gasteiger partial charge in [-0.3, -0.25) is 4.79 Å². The molecule has 8 nitrogen and oxygen atoms in total. The number of aromatic nitrogens is 2. The molecule has 146 valence electrons. The summed E-state index contributed by atoms with van der Waals surface area (Å²) in [5, 5.41) is 4.03. The lowest BCUT2D eigenvalue weighted by atomic mass is 10.2. The summed E-state index contributed by atoms with van der Waals surface area (Å²) >= 11 is 0. The topological polar surface area (TPSA) is 86.9 Å². The monoisotopic (exact) mass is 375 g/mol. The molecule has 27 heavy (non-hydrogen) atoms. The Balaban J connectivity index is 1.56. The van der Waals surface area contributed by atoms with Crippen LogP contribution in [0.25, 0.3) is 11.4 Å². The molecule has 0 unspecified atom stereocenters. The van der Waals surface area contributed by atoms with E-state index in [1.165, 1.54) is 0 Å². The van der Waals surface area contributed by atoms with Crippen molar-refractivity contribution in [2.24, 2.45) is 0 Å². The van der Waals surface area contributed by atoms with Crippen molar-refractivity contribution in [3.63, 3.8) is 0 Å². The molecule has 3 rings (SSSR count). The van der Waals surface area contributed by atoms with Gasteiger partial charge in [-0.25, -0.2) is 0 Å². The average Bonchev–Trinajstić information content (AvgIpc) is 3.18. The molecule has 0 atom stereocenters. The van der Waals surface area contributed by atoms with E-state index in [1.807, 2.05) is 30.0 Å². The van der Waals surface area contributed by atoms with Crippen molar-refractivity contribution in [1.82, 2.24) is 15.0 Å². The van der Waals surface area contributed by atoms with Crippen LogP contribution in [0.3, 0.4) is 0 Å². The lowest BCUT2D eigenvalue weighted by molar-refractivity contribution is -0.135. The normalized spacial score (nSPS) is 14.2. The molecular weight excluding hydrogens is 350 g/mol. The molecule has 0 aliphatic carbocycles. The van der Waals surface area contributed by atoms with E-state index < -0.39 is 0 Å². The van der Waals surface area contributed by atoms with Crippen LogP contribution in [-0.4, -0.2) is 61.0 Å². The zero-order valence-corrected chi connectivity index (χ0v) is 15.8. The third kappa shape index (κ3) is 4.97. The van der Waals surface area contributed by atoms with Crippen LogP contribution >= 0.6 is 0 Å². The number of morpholine rings is 1. The SMILES string of the molecule is CCOc1ccc(-c2noc(CCCC(=O)N3CCOCC3)n2)cc1OC. The Labute approximate surface area is 158 Å². The van der Waals surface area contributed by atoms with Gasteiger partial charge in [-0.05, 0) is 31.5 Å². The van der Waals surface area contributed by atoms with E-state index in [1.54, 1.807) is 7.11 Å². The minimum absolute atomic E-state index is 0.147. The number of carbonyl (C=O) groups excluding carboxylic acids is 1. The molecule has 0 N–H and O–H groups in total. The lowest BCUT2D eigenvalue weighted by Gasteiger charge is -2.26. The van der Waals surface area contributed by atoms with Gasteiger partial charge in [-0.2, -0.15) is 4.98 Å². The van der Waals surface area contributed by atoms with Crippen molar-refractivity contribution in [1.29, 1.82) is 0 Å². The Bertz CT molecular complexity index is 756. The van der Waals surface area contributed by atoms with Crippen LogP contribution in [0.15, 0.2) is 22.7 Å².